The zero-order chi connectivity index (χ0) is 15.7. The largest absolute Gasteiger partial charge is 0.477 e. The van der Waals surface area contributed by atoms with Gasteiger partial charge in [-0.3, -0.25) is 14.8 Å². The smallest absolute Gasteiger partial charge is 0.342 e. The molecule has 2 rings (SSSR count). The quantitative estimate of drug-likeness (QED) is 0.684. The Balaban J connectivity index is 2.57. The zero-order valence-electron chi connectivity index (χ0n) is 11.7. The highest BCUT2D eigenvalue weighted by Crippen LogP contribution is 2.36. The van der Waals surface area contributed by atoms with E-state index in [0.29, 0.717) is 17.1 Å². The van der Waals surface area contributed by atoms with Crippen LogP contribution < -0.4 is 4.74 Å². The normalized spacial score (nSPS) is 10.4. The van der Waals surface area contributed by atoms with Crippen LogP contribution >= 0.6 is 0 Å². The van der Waals surface area contributed by atoms with E-state index in [2.05, 4.69) is 5.10 Å². The number of ether oxygens (including phenoxy) is 1. The monoisotopic (exact) mass is 291 g/mol. The van der Waals surface area contributed by atoms with Gasteiger partial charge in [-0.25, -0.2) is 4.79 Å². The van der Waals surface area contributed by atoms with E-state index in [1.807, 2.05) is 0 Å². The number of carbonyl (C=O) groups is 1. The Kier molecular flexibility index (Phi) is 3.62. The van der Waals surface area contributed by atoms with Crippen molar-refractivity contribution in [1.29, 1.82) is 0 Å². The van der Waals surface area contributed by atoms with Gasteiger partial charge in [0.15, 0.2) is 5.75 Å². The summed E-state index contributed by atoms with van der Waals surface area (Å²) in [6, 6.07) is 3.92. The van der Waals surface area contributed by atoms with Crippen molar-refractivity contribution in [2.45, 2.75) is 13.8 Å². The predicted octanol–water partition coefficient (Wildman–Crippen LogP) is 2.44. The summed E-state index contributed by atoms with van der Waals surface area (Å²) in [7, 11) is 1.72. The first-order valence-electron chi connectivity index (χ1n) is 6.01. The number of aromatic nitrogens is 2. The number of carboxylic acid groups (broad SMARTS) is 1. The Hall–Kier alpha value is -2.90. The Morgan fingerprint density at radius 3 is 2.57 bits per heavy atom. The highest BCUT2D eigenvalue weighted by atomic mass is 16.6. The van der Waals surface area contributed by atoms with Gasteiger partial charge >= 0.3 is 11.7 Å². The minimum Gasteiger partial charge on any atom is -0.477 e. The summed E-state index contributed by atoms with van der Waals surface area (Å²) >= 11 is 0. The predicted molar refractivity (Wildman–Crippen MR) is 72.8 cm³/mol. The van der Waals surface area contributed by atoms with Crippen molar-refractivity contribution in [2.24, 2.45) is 7.05 Å². The number of rotatable bonds is 4. The van der Waals surface area contributed by atoms with E-state index in [-0.39, 0.29) is 5.75 Å². The molecule has 2 aromatic rings. The van der Waals surface area contributed by atoms with Crippen LogP contribution in [-0.4, -0.2) is 25.8 Å². The molecule has 0 aliphatic carbocycles. The molecule has 0 spiro atoms. The van der Waals surface area contributed by atoms with E-state index in [1.165, 1.54) is 12.1 Å². The Morgan fingerprint density at radius 2 is 2.10 bits per heavy atom. The lowest BCUT2D eigenvalue weighted by Crippen LogP contribution is -2.04. The number of nitro groups is 1. The van der Waals surface area contributed by atoms with Crippen molar-refractivity contribution in [1.82, 2.24) is 9.78 Å². The molecule has 0 amide bonds. The standard InChI is InChI=1S/C13H13N3O5/c1-7-12(8(2)15(3)14-7)21-10-6-4-5-9(13(17)18)11(10)16(19)20/h4-6H,1-3H3,(H,17,18). The topological polar surface area (TPSA) is 107 Å². The summed E-state index contributed by atoms with van der Waals surface area (Å²) in [6.45, 7) is 3.46. The molecule has 0 saturated heterocycles. The summed E-state index contributed by atoms with van der Waals surface area (Å²) in [5.74, 6) is -1.13. The molecule has 0 atom stereocenters. The van der Waals surface area contributed by atoms with Gasteiger partial charge < -0.3 is 9.84 Å². The first kappa shape index (κ1) is 14.5. The second kappa shape index (κ2) is 5.23. The third kappa shape index (κ3) is 2.55. The van der Waals surface area contributed by atoms with E-state index in [9.17, 15) is 14.9 Å². The summed E-state index contributed by atoms with van der Waals surface area (Å²) in [5, 5.41) is 24.3. The van der Waals surface area contributed by atoms with Gasteiger partial charge in [-0.2, -0.15) is 5.10 Å². The maximum Gasteiger partial charge on any atom is 0.342 e. The Bertz CT molecular complexity index is 736. The fraction of sp³-hybridized carbons (Fsp3) is 0.231. The van der Waals surface area contributed by atoms with Crippen LogP contribution in [0.3, 0.4) is 0 Å². The highest BCUT2D eigenvalue weighted by molar-refractivity contribution is 5.93. The second-order valence-electron chi connectivity index (χ2n) is 4.44. The van der Waals surface area contributed by atoms with E-state index < -0.39 is 22.1 Å². The van der Waals surface area contributed by atoms with E-state index >= 15 is 0 Å². The van der Waals surface area contributed by atoms with Crippen LogP contribution in [0, 0.1) is 24.0 Å². The van der Waals surface area contributed by atoms with Crippen LogP contribution in [-0.2, 0) is 7.05 Å². The van der Waals surface area contributed by atoms with Crippen LogP contribution in [0.4, 0.5) is 5.69 Å². The molecule has 1 aromatic carbocycles. The van der Waals surface area contributed by atoms with E-state index in [1.54, 1.807) is 25.6 Å². The number of hydrogen-bond donors (Lipinski definition) is 1. The van der Waals surface area contributed by atoms with Gasteiger partial charge in [0.25, 0.3) is 0 Å². The number of aromatic carboxylic acids is 1. The average Bonchev–Trinajstić information content (AvgIpc) is 2.64. The molecule has 0 fully saturated rings. The number of benzene rings is 1. The van der Waals surface area contributed by atoms with Gasteiger partial charge in [-0.1, -0.05) is 6.07 Å². The van der Waals surface area contributed by atoms with Crippen LogP contribution in [0.15, 0.2) is 18.2 Å². The average molecular weight is 291 g/mol. The summed E-state index contributed by atoms with van der Waals surface area (Å²) < 4.78 is 7.14. The number of para-hydroxylation sites is 1. The van der Waals surface area contributed by atoms with Crippen molar-refractivity contribution < 1.29 is 19.6 Å². The number of nitrogens with zero attached hydrogens (tertiary/aromatic N) is 3. The molecule has 1 N–H and O–H groups in total. The van der Waals surface area contributed by atoms with Crippen molar-refractivity contribution >= 4 is 11.7 Å². The molecule has 0 aliphatic heterocycles. The second-order valence-corrected chi connectivity index (χ2v) is 4.44. The molecule has 8 nitrogen and oxygen atoms in total. The third-order valence-electron chi connectivity index (χ3n) is 3.07. The maximum absolute atomic E-state index is 11.2. The number of carboxylic acids is 1. The fourth-order valence-corrected chi connectivity index (χ4v) is 1.98. The van der Waals surface area contributed by atoms with Crippen molar-refractivity contribution in [2.75, 3.05) is 0 Å². The van der Waals surface area contributed by atoms with Crippen molar-refractivity contribution in [3.05, 3.63) is 45.3 Å². The number of aryl methyl sites for hydroxylation is 2. The molecule has 1 aromatic heterocycles. The van der Waals surface area contributed by atoms with Gasteiger partial charge in [0.1, 0.15) is 11.3 Å². The fourth-order valence-electron chi connectivity index (χ4n) is 1.98. The molecule has 8 heteroatoms. The van der Waals surface area contributed by atoms with Gasteiger partial charge in [0, 0.05) is 7.05 Å². The van der Waals surface area contributed by atoms with Crippen molar-refractivity contribution in [3.8, 4) is 11.5 Å². The lowest BCUT2D eigenvalue weighted by Gasteiger charge is -2.08. The van der Waals surface area contributed by atoms with Gasteiger partial charge in [-0.05, 0) is 26.0 Å². The molecular formula is C13H13N3O5. The van der Waals surface area contributed by atoms with Crippen LogP contribution in [0.5, 0.6) is 11.5 Å². The summed E-state index contributed by atoms with van der Waals surface area (Å²) in [5.41, 5.74) is 0.247. The first-order chi connectivity index (χ1) is 9.82. The third-order valence-corrected chi connectivity index (χ3v) is 3.07. The molecule has 0 bridgehead atoms. The number of hydrogen-bond acceptors (Lipinski definition) is 5. The highest BCUT2D eigenvalue weighted by Gasteiger charge is 2.27. The summed E-state index contributed by atoms with van der Waals surface area (Å²) in [4.78, 5) is 21.5. The molecule has 0 radical (unpaired) electrons. The van der Waals surface area contributed by atoms with Crippen LogP contribution in [0.25, 0.3) is 0 Å². The summed E-state index contributed by atoms with van der Waals surface area (Å²) in [6.07, 6.45) is 0. The molecular weight excluding hydrogens is 278 g/mol. The van der Waals surface area contributed by atoms with Crippen LogP contribution in [0.1, 0.15) is 21.7 Å². The van der Waals surface area contributed by atoms with Gasteiger partial charge in [-0.15, -0.1) is 0 Å². The van der Waals surface area contributed by atoms with E-state index in [4.69, 9.17) is 9.84 Å². The molecule has 0 unspecified atom stereocenters. The van der Waals surface area contributed by atoms with Crippen LogP contribution in [0.2, 0.25) is 0 Å². The Morgan fingerprint density at radius 1 is 1.43 bits per heavy atom. The van der Waals surface area contributed by atoms with E-state index in [0.717, 1.165) is 6.07 Å². The zero-order valence-corrected chi connectivity index (χ0v) is 11.7. The molecule has 1 heterocycles. The van der Waals surface area contributed by atoms with Gasteiger partial charge in [0.2, 0.25) is 5.75 Å². The van der Waals surface area contributed by atoms with Crippen molar-refractivity contribution in [3.63, 3.8) is 0 Å². The van der Waals surface area contributed by atoms with Gasteiger partial charge in [0.05, 0.1) is 10.6 Å². The lowest BCUT2D eigenvalue weighted by molar-refractivity contribution is -0.386. The molecule has 110 valence electrons. The number of nitro benzene ring substituents is 1. The first-order valence-corrected chi connectivity index (χ1v) is 6.01. The minimum atomic E-state index is -1.38. The molecule has 21 heavy (non-hydrogen) atoms. The SMILES string of the molecule is Cc1nn(C)c(C)c1Oc1cccc(C(=O)O)c1[N+](=O)[O-]. The Labute approximate surface area is 119 Å². The molecule has 0 aliphatic rings. The minimum absolute atomic E-state index is 0.126. The molecule has 0 saturated carbocycles. The lowest BCUT2D eigenvalue weighted by atomic mass is 10.1. The maximum atomic E-state index is 11.2.